The number of para-hydroxylation sites is 6. The molecule has 9 rings (SSSR count). The molecule has 3 aromatic heterocycles. The predicted molar refractivity (Wildman–Crippen MR) is 491 cm³/mol. The molecule has 9 aromatic rings. The summed E-state index contributed by atoms with van der Waals surface area (Å²) in [5.74, 6) is 4.83. The molecular formula is C102H138Fe3N9-. The molecular weight excluding hydrogens is 1520 g/mol. The second-order valence-electron chi connectivity index (χ2n) is 33.0. The molecule has 0 aliphatic heterocycles. The molecule has 9 nitrogen and oxygen atoms in total. The van der Waals surface area contributed by atoms with Crippen LogP contribution in [0.25, 0.3) is 0 Å². The van der Waals surface area contributed by atoms with Crippen molar-refractivity contribution in [1.29, 1.82) is 0 Å². The Bertz CT molecular complexity index is 3830. The topological polar surface area (TPSA) is 113 Å². The van der Waals surface area contributed by atoms with Crippen LogP contribution in [0.2, 0.25) is 0 Å². The fourth-order valence-corrected chi connectivity index (χ4v) is 13.7. The van der Waals surface area contributed by atoms with Gasteiger partial charge >= 0.3 is 17.1 Å². The van der Waals surface area contributed by atoms with Gasteiger partial charge in [-0.15, -0.1) is 0 Å². The Morgan fingerprint density at radius 2 is 0.272 bits per heavy atom. The van der Waals surface area contributed by atoms with E-state index in [0.29, 0.717) is 71.0 Å². The van der Waals surface area contributed by atoms with E-state index in [-0.39, 0.29) is 73.5 Å². The van der Waals surface area contributed by atoms with Gasteiger partial charge in [-0.2, -0.15) is 0 Å². The van der Waals surface area contributed by atoms with E-state index in [1.807, 2.05) is 36.4 Å². The first-order valence-corrected chi connectivity index (χ1v) is 40.0. The van der Waals surface area contributed by atoms with E-state index in [0.717, 1.165) is 103 Å². The first-order valence-electron chi connectivity index (χ1n) is 40.0. The minimum Gasteiger partial charge on any atom is -0.358 e. The molecule has 0 aliphatic rings. The zero-order valence-corrected chi connectivity index (χ0v) is 78.9. The maximum absolute atomic E-state index is 5.15. The third-order valence-electron chi connectivity index (χ3n) is 20.2. The largest absolute Gasteiger partial charge is 2.00 e. The smallest absolute Gasteiger partial charge is 0.358 e. The Morgan fingerprint density at radius 3 is 0.360 bits per heavy atom. The van der Waals surface area contributed by atoms with E-state index in [2.05, 4.69) is 335 Å². The van der Waals surface area contributed by atoms with Crippen LogP contribution in [0.1, 0.15) is 380 Å². The van der Waals surface area contributed by atoms with E-state index < -0.39 is 0 Å². The Labute approximate surface area is 724 Å². The van der Waals surface area contributed by atoms with Crippen molar-refractivity contribution in [3.8, 4) is 0 Å². The Morgan fingerprint density at radius 1 is 0.184 bits per heavy atom. The molecule has 0 atom stereocenters. The van der Waals surface area contributed by atoms with Crippen molar-refractivity contribution in [2.75, 3.05) is 0 Å². The predicted octanol–water partition coefficient (Wildman–Crippen LogP) is 30.9. The second kappa shape index (κ2) is 48.1. The summed E-state index contributed by atoms with van der Waals surface area (Å²) < 4.78 is 0. The van der Waals surface area contributed by atoms with Crippen molar-refractivity contribution in [2.24, 2.45) is 30.0 Å². The molecule has 0 bridgehead atoms. The summed E-state index contributed by atoms with van der Waals surface area (Å²) in [4.78, 5) is 45.9. The fourth-order valence-electron chi connectivity index (χ4n) is 13.7. The van der Waals surface area contributed by atoms with Gasteiger partial charge in [-0.05, 0) is 216 Å². The first-order chi connectivity index (χ1) is 51.0. The van der Waals surface area contributed by atoms with Crippen molar-refractivity contribution < 1.29 is 51.2 Å². The molecule has 3 heterocycles. The average Bonchev–Trinajstić information content (AvgIpc) is 0.821. The second-order valence-corrected chi connectivity index (χ2v) is 33.0. The van der Waals surface area contributed by atoms with Gasteiger partial charge < -0.3 is 22.3 Å². The number of rotatable bonds is 24. The van der Waals surface area contributed by atoms with Crippen LogP contribution in [-0.2, 0) is 51.2 Å². The van der Waals surface area contributed by atoms with E-state index in [1.54, 1.807) is 0 Å². The average molecular weight is 1660 g/mol. The summed E-state index contributed by atoms with van der Waals surface area (Å²) in [5, 5.41) is 0. The van der Waals surface area contributed by atoms with Crippen LogP contribution in [0.4, 0.5) is 34.1 Å². The number of aliphatic imine (C=N–C) groups is 6. The van der Waals surface area contributed by atoms with Crippen LogP contribution >= 0.6 is 0 Å². The molecule has 0 aliphatic carbocycles. The fraction of sp³-hybridized carbons (Fsp3) is 0.412. The Hall–Kier alpha value is -7.65. The van der Waals surface area contributed by atoms with Crippen molar-refractivity contribution in [2.45, 2.75) is 279 Å². The van der Waals surface area contributed by atoms with Gasteiger partial charge in [0.15, 0.2) is 0 Å². The van der Waals surface area contributed by atoms with Gasteiger partial charge in [-0.3, -0.25) is 30.0 Å². The SMILES string of the molecule is CC(=Nc1c(C(C)C)cccc1C(C)C)c1cccc(C(C)=Nc2c(C(C)C)cccc2C(C)C)n1.CC(=Nc1c(C(C)C)cccc1C(C)C)c1cccc(C(C)=Nc2c(C(C)C)cccc2C(C)C)n1.CC(=Nc1c(C(C)C)cccc1C(C)C)c1cccc(C(C)=Nc2c(C(C)C)cccc2C(C)C)n1.[CH3-].[CH3-].[CH3-].[Fe+2].[Fe].[Fe]. The number of hydrogen-bond acceptors (Lipinski definition) is 9. The van der Waals surface area contributed by atoms with Gasteiger partial charge in [0.05, 0.1) is 103 Å². The molecule has 0 saturated carbocycles. The first kappa shape index (κ1) is 104. The van der Waals surface area contributed by atoms with Crippen molar-refractivity contribution in [3.05, 3.63) is 287 Å². The monoisotopic (exact) mass is 1660 g/mol. The number of nitrogens with zero attached hydrogens (tertiary/aromatic N) is 9. The van der Waals surface area contributed by atoms with Crippen LogP contribution in [0, 0.1) is 22.3 Å². The van der Waals surface area contributed by atoms with Crippen molar-refractivity contribution >= 4 is 68.4 Å². The summed E-state index contributed by atoms with van der Waals surface area (Å²) in [6.45, 7) is 65.9. The molecule has 0 unspecified atom stereocenters. The standard InChI is InChI=1S/3C33H43N3.3CH3.3Fe/c3*1-20(2)26-14-11-15-27(21(3)4)32(26)34-24(9)30-18-13-19-31(36-30)25(10)35-33-28(22(5)6)16-12-17-29(33)23(7)8;;;;;;/h3*11-23H,1-10H3;3*1H3;;;/q;;;3*-1;;;+2. The van der Waals surface area contributed by atoms with Crippen LogP contribution in [0.3, 0.4) is 0 Å². The number of hydrogen-bond donors (Lipinski definition) is 0. The van der Waals surface area contributed by atoms with E-state index >= 15 is 0 Å². The van der Waals surface area contributed by atoms with Crippen LogP contribution in [0.15, 0.2) is 194 Å². The van der Waals surface area contributed by atoms with Crippen LogP contribution in [-0.4, -0.2) is 49.2 Å². The summed E-state index contributed by atoms with van der Waals surface area (Å²) in [6, 6.07) is 57.7. The third kappa shape index (κ3) is 27.2. The summed E-state index contributed by atoms with van der Waals surface area (Å²) in [6.07, 6.45) is 0. The minimum atomic E-state index is 0. The van der Waals surface area contributed by atoms with E-state index in [9.17, 15) is 0 Å². The summed E-state index contributed by atoms with van der Waals surface area (Å²) in [7, 11) is 0. The third-order valence-corrected chi connectivity index (χ3v) is 20.2. The molecule has 0 N–H and O–H groups in total. The van der Waals surface area contributed by atoms with Gasteiger partial charge in [0, 0.05) is 34.1 Å². The zero-order valence-electron chi connectivity index (χ0n) is 75.6. The number of pyridine rings is 3. The Kier molecular flexibility index (Phi) is 44.1. The summed E-state index contributed by atoms with van der Waals surface area (Å²) in [5.41, 5.74) is 32.7. The van der Waals surface area contributed by atoms with Gasteiger partial charge in [0.25, 0.3) is 0 Å². The van der Waals surface area contributed by atoms with E-state index in [4.69, 9.17) is 44.9 Å². The normalized spacial score (nSPS) is 12.3. The molecule has 0 fully saturated rings. The van der Waals surface area contributed by atoms with Gasteiger partial charge in [-0.25, -0.2) is 15.0 Å². The van der Waals surface area contributed by atoms with Gasteiger partial charge in [-0.1, -0.05) is 294 Å². The molecule has 0 radical (unpaired) electrons. The molecule has 616 valence electrons. The van der Waals surface area contributed by atoms with Gasteiger partial charge in [0.2, 0.25) is 0 Å². The van der Waals surface area contributed by atoms with E-state index in [1.165, 1.54) is 66.8 Å². The number of benzene rings is 6. The zero-order chi connectivity index (χ0) is 79.7. The Balaban J connectivity index is 0.000000833. The molecule has 0 saturated heterocycles. The molecule has 0 spiro atoms. The van der Waals surface area contributed by atoms with Crippen molar-refractivity contribution in [3.63, 3.8) is 0 Å². The maximum atomic E-state index is 5.15. The van der Waals surface area contributed by atoms with Crippen LogP contribution in [0.5, 0.6) is 0 Å². The molecule has 0 amide bonds. The molecule has 114 heavy (non-hydrogen) atoms. The van der Waals surface area contributed by atoms with Crippen molar-refractivity contribution in [1.82, 2.24) is 15.0 Å². The summed E-state index contributed by atoms with van der Waals surface area (Å²) >= 11 is 0. The quantitative estimate of drug-likeness (QED) is 0.0341. The van der Waals surface area contributed by atoms with Gasteiger partial charge in [0.1, 0.15) is 0 Å². The van der Waals surface area contributed by atoms with Crippen LogP contribution < -0.4 is 0 Å². The number of aromatic nitrogens is 3. The molecule has 6 aromatic carbocycles. The maximum Gasteiger partial charge on any atom is 2.00 e. The minimum absolute atomic E-state index is 0. The molecule has 12 heteroatoms.